The molecule has 0 saturated carbocycles. The second kappa shape index (κ2) is 12.9. The maximum Gasteiger partial charge on any atom is 0.414 e. The molecule has 2 saturated heterocycles. The molecule has 2 aliphatic heterocycles. The summed E-state index contributed by atoms with van der Waals surface area (Å²) < 4.78 is 25.7. The number of hydrogen-bond acceptors (Lipinski definition) is 7. The van der Waals surface area contributed by atoms with E-state index in [2.05, 4.69) is 5.32 Å². The van der Waals surface area contributed by atoms with Crippen molar-refractivity contribution in [3.8, 4) is 0 Å². The summed E-state index contributed by atoms with van der Waals surface area (Å²) in [5.41, 5.74) is 2.33. The van der Waals surface area contributed by atoms with Crippen molar-refractivity contribution in [1.29, 1.82) is 0 Å². The van der Waals surface area contributed by atoms with E-state index in [1.165, 1.54) is 11.0 Å². The van der Waals surface area contributed by atoms with Crippen LogP contribution in [0.2, 0.25) is 0 Å². The van der Waals surface area contributed by atoms with Gasteiger partial charge < -0.3 is 24.6 Å². The first-order valence-corrected chi connectivity index (χ1v) is 13.5. The molecular weight excluding hydrogens is 523 g/mol. The Labute approximate surface area is 232 Å². The lowest BCUT2D eigenvalue weighted by Gasteiger charge is -2.36. The quantitative estimate of drug-likeness (QED) is 0.371. The Morgan fingerprint density at radius 2 is 1.82 bits per heavy atom. The van der Waals surface area contributed by atoms with Crippen LogP contribution >= 0.6 is 12.2 Å². The van der Waals surface area contributed by atoms with Gasteiger partial charge in [0.05, 0.1) is 35.0 Å². The van der Waals surface area contributed by atoms with Gasteiger partial charge in [-0.3, -0.25) is 9.69 Å². The van der Waals surface area contributed by atoms with Crippen molar-refractivity contribution in [2.45, 2.75) is 32.8 Å². The molecule has 0 bridgehead atoms. The van der Waals surface area contributed by atoms with Crippen LogP contribution in [0.3, 0.4) is 0 Å². The van der Waals surface area contributed by atoms with Gasteiger partial charge in [0, 0.05) is 26.2 Å². The standard InChI is InChI=1S/C28H33FN4O5S/c1-3-19-5-7-20(8-6-19)27(35)37-18-26(34)32-13-11-31(12-14-32)24-10-9-21(15-23(24)29)33-17-22(38-28(33)36)16-30-25(39)4-2/h5-10,15,22H,3-4,11-14,16-18H2,1-2H3,(H,30,39)/t22-/m0/s1. The zero-order chi connectivity index (χ0) is 27.9. The molecule has 2 heterocycles. The zero-order valence-corrected chi connectivity index (χ0v) is 23.0. The highest BCUT2D eigenvalue weighted by atomic mass is 32.1. The van der Waals surface area contributed by atoms with Crippen molar-refractivity contribution in [1.82, 2.24) is 10.2 Å². The van der Waals surface area contributed by atoms with E-state index in [0.717, 1.165) is 12.0 Å². The number of cyclic esters (lactones) is 1. The number of carbonyl (C=O) groups excluding carboxylic acids is 3. The van der Waals surface area contributed by atoms with Crippen LogP contribution in [-0.2, 0) is 20.7 Å². The predicted octanol–water partition coefficient (Wildman–Crippen LogP) is 3.55. The molecule has 2 aromatic carbocycles. The second-order valence-electron chi connectivity index (χ2n) is 9.40. The fraction of sp³-hybridized carbons (Fsp3) is 0.429. The van der Waals surface area contributed by atoms with Crippen LogP contribution in [0.25, 0.3) is 0 Å². The summed E-state index contributed by atoms with van der Waals surface area (Å²) in [6, 6.07) is 11.8. The highest BCUT2D eigenvalue weighted by Crippen LogP contribution is 2.28. The number of esters is 1. The van der Waals surface area contributed by atoms with E-state index in [-0.39, 0.29) is 18.6 Å². The number of anilines is 2. The number of nitrogens with zero attached hydrogens (tertiary/aromatic N) is 3. The van der Waals surface area contributed by atoms with Crippen LogP contribution in [0.15, 0.2) is 42.5 Å². The van der Waals surface area contributed by atoms with Gasteiger partial charge in [-0.1, -0.05) is 38.2 Å². The Hall–Kier alpha value is -3.73. The maximum absolute atomic E-state index is 15.1. The molecule has 2 aliphatic rings. The normalized spacial score (nSPS) is 17.2. The van der Waals surface area contributed by atoms with Crippen molar-refractivity contribution in [2.75, 3.05) is 55.7 Å². The van der Waals surface area contributed by atoms with E-state index in [9.17, 15) is 14.4 Å². The fourth-order valence-corrected chi connectivity index (χ4v) is 4.57. The number of amides is 2. The minimum Gasteiger partial charge on any atom is -0.452 e. The molecule has 0 radical (unpaired) electrons. The molecule has 1 atom stereocenters. The molecule has 1 N–H and O–H groups in total. The van der Waals surface area contributed by atoms with E-state index < -0.39 is 17.9 Å². The molecule has 0 unspecified atom stereocenters. The fourth-order valence-electron chi connectivity index (χ4n) is 4.49. The molecule has 208 valence electrons. The average Bonchev–Trinajstić information content (AvgIpc) is 3.34. The summed E-state index contributed by atoms with van der Waals surface area (Å²) in [5.74, 6) is -1.29. The van der Waals surface area contributed by atoms with Crippen LogP contribution in [0.5, 0.6) is 0 Å². The lowest BCUT2D eigenvalue weighted by Crippen LogP contribution is -2.50. The molecule has 0 aromatic heterocycles. The van der Waals surface area contributed by atoms with Crippen molar-refractivity contribution in [2.24, 2.45) is 0 Å². The molecule has 2 aromatic rings. The summed E-state index contributed by atoms with van der Waals surface area (Å²) in [6.45, 7) is 5.91. The SMILES string of the molecule is CCC(=S)NC[C@H]1CN(c2ccc(N3CCN(C(=O)COC(=O)c4ccc(CC)cc4)CC3)c(F)c2)C(=O)O1. The molecule has 9 nitrogen and oxygen atoms in total. The highest BCUT2D eigenvalue weighted by molar-refractivity contribution is 7.80. The summed E-state index contributed by atoms with van der Waals surface area (Å²) in [5, 5.41) is 3.06. The van der Waals surface area contributed by atoms with Crippen LogP contribution < -0.4 is 15.1 Å². The van der Waals surface area contributed by atoms with Gasteiger partial charge >= 0.3 is 12.1 Å². The number of thiocarbonyl (C=S) groups is 1. The zero-order valence-electron chi connectivity index (χ0n) is 22.2. The van der Waals surface area contributed by atoms with Gasteiger partial charge in [0.25, 0.3) is 5.91 Å². The summed E-state index contributed by atoms with van der Waals surface area (Å²) in [4.78, 5) is 42.7. The number of aryl methyl sites for hydroxylation is 1. The third-order valence-electron chi connectivity index (χ3n) is 6.86. The number of rotatable bonds is 9. The van der Waals surface area contributed by atoms with Crippen molar-refractivity contribution >= 4 is 46.6 Å². The van der Waals surface area contributed by atoms with Crippen molar-refractivity contribution in [3.05, 3.63) is 59.4 Å². The second-order valence-corrected chi connectivity index (χ2v) is 9.90. The minimum absolute atomic E-state index is 0.291. The van der Waals surface area contributed by atoms with Gasteiger partial charge in [-0.2, -0.15) is 0 Å². The van der Waals surface area contributed by atoms with Crippen LogP contribution in [0.4, 0.5) is 20.6 Å². The largest absolute Gasteiger partial charge is 0.452 e. The number of benzene rings is 2. The third kappa shape index (κ3) is 7.03. The number of halogens is 1. The smallest absolute Gasteiger partial charge is 0.414 e. The Morgan fingerprint density at radius 1 is 1.10 bits per heavy atom. The van der Waals surface area contributed by atoms with Crippen LogP contribution in [0, 0.1) is 5.82 Å². The molecule has 39 heavy (non-hydrogen) atoms. The lowest BCUT2D eigenvalue weighted by atomic mass is 10.1. The van der Waals surface area contributed by atoms with Gasteiger partial charge in [0.15, 0.2) is 6.61 Å². The molecule has 0 aliphatic carbocycles. The Balaban J connectivity index is 1.26. The Bertz CT molecular complexity index is 1220. The van der Waals surface area contributed by atoms with E-state index in [1.54, 1.807) is 29.2 Å². The summed E-state index contributed by atoms with van der Waals surface area (Å²) in [7, 11) is 0. The van der Waals surface area contributed by atoms with Gasteiger partial charge in [-0.25, -0.2) is 14.0 Å². The minimum atomic E-state index is -0.541. The number of carbonyl (C=O) groups is 3. The van der Waals surface area contributed by atoms with Gasteiger partial charge in [0.1, 0.15) is 11.9 Å². The first kappa shape index (κ1) is 28.3. The van der Waals surface area contributed by atoms with Crippen molar-refractivity contribution in [3.63, 3.8) is 0 Å². The molecule has 4 rings (SSSR count). The highest BCUT2D eigenvalue weighted by Gasteiger charge is 2.33. The van der Waals surface area contributed by atoms with E-state index in [0.29, 0.717) is 67.6 Å². The van der Waals surface area contributed by atoms with E-state index in [1.807, 2.05) is 30.9 Å². The third-order valence-corrected chi connectivity index (χ3v) is 7.30. The molecule has 11 heteroatoms. The number of hydrogen-bond donors (Lipinski definition) is 1. The molecule has 2 amide bonds. The lowest BCUT2D eigenvalue weighted by molar-refractivity contribution is -0.134. The van der Waals surface area contributed by atoms with Gasteiger partial charge in [-0.05, 0) is 48.7 Å². The van der Waals surface area contributed by atoms with Crippen LogP contribution in [-0.4, -0.2) is 79.8 Å². The van der Waals surface area contributed by atoms with Crippen LogP contribution in [0.1, 0.15) is 36.2 Å². The summed E-state index contributed by atoms with van der Waals surface area (Å²) >= 11 is 5.15. The molecular formula is C28H33FN4O5S. The van der Waals surface area contributed by atoms with Gasteiger partial charge in [0.2, 0.25) is 0 Å². The predicted molar refractivity (Wildman–Crippen MR) is 150 cm³/mol. The van der Waals surface area contributed by atoms with Crippen molar-refractivity contribution < 1.29 is 28.2 Å². The maximum atomic E-state index is 15.1. The topological polar surface area (TPSA) is 91.4 Å². The summed E-state index contributed by atoms with van der Waals surface area (Å²) in [6.07, 6.45) is 0.670. The first-order chi connectivity index (χ1) is 18.8. The van der Waals surface area contributed by atoms with E-state index >= 15 is 4.39 Å². The van der Waals surface area contributed by atoms with E-state index in [4.69, 9.17) is 21.7 Å². The first-order valence-electron chi connectivity index (χ1n) is 13.1. The Morgan fingerprint density at radius 3 is 2.46 bits per heavy atom. The number of piperazine rings is 1. The molecule has 2 fully saturated rings. The number of nitrogens with one attached hydrogen (secondary N) is 1. The average molecular weight is 557 g/mol. The number of ether oxygens (including phenoxy) is 2. The Kier molecular flexibility index (Phi) is 9.34. The molecule has 0 spiro atoms. The van der Waals surface area contributed by atoms with Gasteiger partial charge in [-0.15, -0.1) is 0 Å². The monoisotopic (exact) mass is 556 g/mol.